The molecule has 1 aliphatic carbocycles. The summed E-state index contributed by atoms with van der Waals surface area (Å²) in [7, 11) is 2.12. The Morgan fingerprint density at radius 3 is 2.85 bits per heavy atom. The summed E-state index contributed by atoms with van der Waals surface area (Å²) in [6.45, 7) is 6.14. The highest BCUT2D eigenvalue weighted by molar-refractivity contribution is 7.10. The van der Waals surface area contributed by atoms with Crippen molar-refractivity contribution in [3.05, 3.63) is 21.4 Å². The fourth-order valence-electron chi connectivity index (χ4n) is 2.99. The first-order valence-electron chi connectivity index (χ1n) is 7.47. The molecule has 1 fully saturated rings. The molecular formula is C15H23N3OS. The van der Waals surface area contributed by atoms with Gasteiger partial charge in [0.25, 0.3) is 5.91 Å². The number of hydrazine groups is 1. The molecular weight excluding hydrogens is 270 g/mol. The third-order valence-corrected chi connectivity index (χ3v) is 5.46. The van der Waals surface area contributed by atoms with Crippen molar-refractivity contribution in [3.63, 3.8) is 0 Å². The van der Waals surface area contributed by atoms with Gasteiger partial charge in [-0.1, -0.05) is 6.92 Å². The lowest BCUT2D eigenvalue weighted by atomic mass is 9.88. The number of likely N-dealkylation sites (N-methyl/N-ethyl adjacent to an activating group) is 1. The van der Waals surface area contributed by atoms with E-state index in [0.717, 1.165) is 50.5 Å². The Morgan fingerprint density at radius 1 is 1.35 bits per heavy atom. The minimum absolute atomic E-state index is 0.0848. The van der Waals surface area contributed by atoms with Crippen molar-refractivity contribution >= 4 is 17.2 Å². The van der Waals surface area contributed by atoms with Crippen LogP contribution >= 0.6 is 11.3 Å². The molecule has 1 saturated heterocycles. The summed E-state index contributed by atoms with van der Waals surface area (Å²) < 4.78 is 0. The number of carbonyl (C=O) groups excluding carboxylic acids is 1. The van der Waals surface area contributed by atoms with Crippen molar-refractivity contribution < 1.29 is 4.79 Å². The second kappa shape index (κ2) is 5.84. The van der Waals surface area contributed by atoms with E-state index in [2.05, 4.69) is 29.3 Å². The van der Waals surface area contributed by atoms with E-state index in [4.69, 9.17) is 0 Å². The van der Waals surface area contributed by atoms with Crippen LogP contribution in [0.25, 0.3) is 0 Å². The fourth-order valence-corrected chi connectivity index (χ4v) is 4.23. The molecule has 1 atom stereocenters. The Kier molecular flexibility index (Phi) is 4.10. The SMILES string of the molecule is C[C@@H]1CCc2c(C(=O)NN3CCN(C)CC3)csc2C1. The quantitative estimate of drug-likeness (QED) is 0.902. The minimum atomic E-state index is 0.0848. The molecule has 0 bridgehead atoms. The summed E-state index contributed by atoms with van der Waals surface area (Å²) in [5.41, 5.74) is 5.30. The molecule has 20 heavy (non-hydrogen) atoms. The maximum absolute atomic E-state index is 12.4. The molecule has 2 aliphatic rings. The fraction of sp³-hybridized carbons (Fsp3) is 0.667. The predicted octanol–water partition coefficient (Wildman–Crippen LogP) is 1.77. The highest BCUT2D eigenvalue weighted by Gasteiger charge is 2.24. The molecule has 0 spiro atoms. The first-order chi connectivity index (χ1) is 9.63. The first-order valence-corrected chi connectivity index (χ1v) is 8.35. The summed E-state index contributed by atoms with van der Waals surface area (Å²) in [6.07, 6.45) is 3.41. The van der Waals surface area contributed by atoms with E-state index < -0.39 is 0 Å². The van der Waals surface area contributed by atoms with Gasteiger partial charge < -0.3 is 4.90 Å². The van der Waals surface area contributed by atoms with Gasteiger partial charge in [0.15, 0.2) is 0 Å². The van der Waals surface area contributed by atoms with Gasteiger partial charge in [-0.3, -0.25) is 10.2 Å². The molecule has 1 aromatic heterocycles. The number of hydrogen-bond donors (Lipinski definition) is 1. The lowest BCUT2D eigenvalue weighted by Crippen LogP contribution is -2.52. The van der Waals surface area contributed by atoms with Crippen LogP contribution in [-0.2, 0) is 12.8 Å². The van der Waals surface area contributed by atoms with Crippen LogP contribution in [-0.4, -0.2) is 49.0 Å². The Balaban J connectivity index is 1.66. The summed E-state index contributed by atoms with van der Waals surface area (Å²) in [5, 5.41) is 4.10. The number of fused-ring (bicyclic) bond motifs is 1. The smallest absolute Gasteiger partial charge is 0.266 e. The van der Waals surface area contributed by atoms with Crippen molar-refractivity contribution in [1.82, 2.24) is 15.3 Å². The third kappa shape index (κ3) is 2.90. The van der Waals surface area contributed by atoms with Crippen molar-refractivity contribution in [2.24, 2.45) is 5.92 Å². The number of hydrogen-bond acceptors (Lipinski definition) is 4. The summed E-state index contributed by atoms with van der Waals surface area (Å²) in [6, 6.07) is 0. The molecule has 2 heterocycles. The van der Waals surface area contributed by atoms with Crippen LogP contribution in [0, 0.1) is 5.92 Å². The van der Waals surface area contributed by atoms with Crippen LogP contribution in [0.1, 0.15) is 34.1 Å². The monoisotopic (exact) mass is 293 g/mol. The van der Waals surface area contributed by atoms with Gasteiger partial charge in [-0.15, -0.1) is 11.3 Å². The molecule has 4 nitrogen and oxygen atoms in total. The number of rotatable bonds is 2. The Morgan fingerprint density at radius 2 is 2.10 bits per heavy atom. The zero-order chi connectivity index (χ0) is 14.1. The van der Waals surface area contributed by atoms with Gasteiger partial charge in [0.2, 0.25) is 0 Å². The van der Waals surface area contributed by atoms with E-state index in [1.165, 1.54) is 16.9 Å². The molecule has 5 heteroatoms. The van der Waals surface area contributed by atoms with Crippen molar-refractivity contribution in [2.45, 2.75) is 26.2 Å². The predicted molar refractivity (Wildman–Crippen MR) is 82.0 cm³/mol. The highest BCUT2D eigenvalue weighted by Crippen LogP contribution is 2.32. The average Bonchev–Trinajstić information content (AvgIpc) is 2.84. The number of nitrogens with zero attached hydrogens (tertiary/aromatic N) is 2. The van der Waals surface area contributed by atoms with Crippen LogP contribution in [0.15, 0.2) is 5.38 Å². The Hall–Kier alpha value is -0.910. The van der Waals surface area contributed by atoms with E-state index in [9.17, 15) is 4.79 Å². The van der Waals surface area contributed by atoms with Gasteiger partial charge in [0.1, 0.15) is 0 Å². The molecule has 110 valence electrons. The summed E-state index contributed by atoms with van der Waals surface area (Å²) in [5.74, 6) is 0.844. The summed E-state index contributed by atoms with van der Waals surface area (Å²) >= 11 is 1.76. The molecule has 0 saturated carbocycles. The molecule has 0 unspecified atom stereocenters. The number of carbonyl (C=O) groups is 1. The molecule has 0 radical (unpaired) electrons. The van der Waals surface area contributed by atoms with Gasteiger partial charge in [0, 0.05) is 36.4 Å². The lowest BCUT2D eigenvalue weighted by molar-refractivity contribution is 0.0662. The number of amides is 1. The van der Waals surface area contributed by atoms with E-state index >= 15 is 0 Å². The standard InChI is InChI=1S/C15H23N3OS/c1-11-3-4-12-13(10-20-14(12)9-11)15(19)16-18-7-5-17(2)6-8-18/h10-11H,3-9H2,1-2H3,(H,16,19)/t11-/m1/s1. The number of thiophene rings is 1. The van der Waals surface area contributed by atoms with Crippen molar-refractivity contribution in [3.8, 4) is 0 Å². The molecule has 1 N–H and O–H groups in total. The van der Waals surface area contributed by atoms with Gasteiger partial charge in [-0.25, -0.2) is 5.01 Å². The maximum Gasteiger partial charge on any atom is 0.266 e. The second-order valence-corrected chi connectivity index (χ2v) is 7.09. The normalized spacial score (nSPS) is 24.4. The van der Waals surface area contributed by atoms with Crippen LogP contribution < -0.4 is 5.43 Å². The average molecular weight is 293 g/mol. The van der Waals surface area contributed by atoms with Crippen LogP contribution in [0.3, 0.4) is 0 Å². The van der Waals surface area contributed by atoms with E-state index in [1.807, 2.05) is 5.38 Å². The van der Waals surface area contributed by atoms with E-state index in [1.54, 1.807) is 11.3 Å². The largest absolute Gasteiger partial charge is 0.304 e. The lowest BCUT2D eigenvalue weighted by Gasteiger charge is -2.32. The minimum Gasteiger partial charge on any atom is -0.304 e. The second-order valence-electron chi connectivity index (χ2n) is 6.13. The molecule has 1 aromatic rings. The third-order valence-electron chi connectivity index (χ3n) is 4.41. The van der Waals surface area contributed by atoms with Crippen LogP contribution in [0.2, 0.25) is 0 Å². The topological polar surface area (TPSA) is 35.6 Å². The summed E-state index contributed by atoms with van der Waals surface area (Å²) in [4.78, 5) is 16.2. The zero-order valence-electron chi connectivity index (χ0n) is 12.3. The van der Waals surface area contributed by atoms with Gasteiger partial charge in [-0.05, 0) is 37.8 Å². The van der Waals surface area contributed by atoms with E-state index in [0.29, 0.717) is 0 Å². The number of piperazine rings is 1. The zero-order valence-corrected chi connectivity index (χ0v) is 13.1. The molecule has 3 rings (SSSR count). The molecule has 0 aromatic carbocycles. The highest BCUT2D eigenvalue weighted by atomic mass is 32.1. The van der Waals surface area contributed by atoms with Gasteiger partial charge in [0.05, 0.1) is 5.56 Å². The molecule has 1 aliphatic heterocycles. The van der Waals surface area contributed by atoms with E-state index in [-0.39, 0.29) is 5.91 Å². The first kappa shape index (κ1) is 14.0. The van der Waals surface area contributed by atoms with Crippen molar-refractivity contribution in [2.75, 3.05) is 33.2 Å². The van der Waals surface area contributed by atoms with Crippen molar-refractivity contribution in [1.29, 1.82) is 0 Å². The number of nitrogens with one attached hydrogen (secondary N) is 1. The van der Waals surface area contributed by atoms with Crippen LogP contribution in [0.4, 0.5) is 0 Å². The van der Waals surface area contributed by atoms with Crippen LogP contribution in [0.5, 0.6) is 0 Å². The molecule has 1 amide bonds. The maximum atomic E-state index is 12.4. The Bertz CT molecular complexity index is 491. The van der Waals surface area contributed by atoms with Gasteiger partial charge in [-0.2, -0.15) is 0 Å². The van der Waals surface area contributed by atoms with Gasteiger partial charge >= 0.3 is 0 Å². The Labute approximate surface area is 124 Å².